The third-order valence-electron chi connectivity index (χ3n) is 2.82. The summed E-state index contributed by atoms with van der Waals surface area (Å²) in [5.74, 6) is -1.02. The van der Waals surface area contributed by atoms with Crippen LogP contribution >= 0.6 is 0 Å². The first kappa shape index (κ1) is 12.0. The van der Waals surface area contributed by atoms with Crippen LogP contribution in [0.25, 0.3) is 0 Å². The number of hydrogen-bond donors (Lipinski definition) is 2. The van der Waals surface area contributed by atoms with E-state index in [0.29, 0.717) is 0 Å². The van der Waals surface area contributed by atoms with Crippen molar-refractivity contribution in [3.63, 3.8) is 0 Å². The Morgan fingerprint density at radius 2 is 2.27 bits per heavy atom. The number of likely N-dealkylation sites (tertiary alicyclic amines) is 1. The van der Waals surface area contributed by atoms with Crippen LogP contribution < -0.4 is 5.73 Å². The van der Waals surface area contributed by atoms with Gasteiger partial charge in [0.15, 0.2) is 0 Å². The number of aliphatic carboxylic acids is 1. The predicted octanol–water partition coefficient (Wildman–Crippen LogP) is 0.189. The van der Waals surface area contributed by atoms with Gasteiger partial charge in [-0.15, -0.1) is 0 Å². The highest BCUT2D eigenvalue weighted by Crippen LogP contribution is 2.17. The van der Waals surface area contributed by atoms with Gasteiger partial charge in [0.05, 0.1) is 6.04 Å². The first-order valence-electron chi connectivity index (χ1n) is 5.30. The molecule has 0 aliphatic carbocycles. The molecule has 1 unspecified atom stereocenters. The van der Waals surface area contributed by atoms with Gasteiger partial charge in [0.2, 0.25) is 5.91 Å². The second kappa shape index (κ2) is 5.11. The van der Waals surface area contributed by atoms with Gasteiger partial charge < -0.3 is 15.7 Å². The van der Waals surface area contributed by atoms with E-state index >= 15 is 0 Å². The molecule has 0 saturated carbocycles. The second-order valence-electron chi connectivity index (χ2n) is 4.06. The lowest BCUT2D eigenvalue weighted by Gasteiger charge is -2.24. The number of carboxylic acids is 1. The van der Waals surface area contributed by atoms with Crippen LogP contribution in [0, 0.1) is 0 Å². The summed E-state index contributed by atoms with van der Waals surface area (Å²) in [6.07, 6.45) is 2.20. The summed E-state index contributed by atoms with van der Waals surface area (Å²) >= 11 is 0. The van der Waals surface area contributed by atoms with E-state index in [0.717, 1.165) is 19.4 Å². The third kappa shape index (κ3) is 3.20. The third-order valence-corrected chi connectivity index (χ3v) is 2.82. The molecule has 1 aliphatic heterocycles. The highest BCUT2D eigenvalue weighted by molar-refractivity contribution is 5.82. The molecule has 1 amide bonds. The Hall–Kier alpha value is -1.10. The fourth-order valence-electron chi connectivity index (χ4n) is 1.88. The van der Waals surface area contributed by atoms with E-state index < -0.39 is 12.0 Å². The zero-order chi connectivity index (χ0) is 11.4. The van der Waals surface area contributed by atoms with E-state index in [-0.39, 0.29) is 24.8 Å². The van der Waals surface area contributed by atoms with Gasteiger partial charge in [-0.3, -0.25) is 9.59 Å². The topological polar surface area (TPSA) is 83.6 Å². The minimum Gasteiger partial charge on any atom is -0.481 e. The molecule has 1 aliphatic rings. The van der Waals surface area contributed by atoms with Crippen molar-refractivity contribution >= 4 is 11.9 Å². The van der Waals surface area contributed by atoms with E-state index in [1.54, 1.807) is 4.90 Å². The van der Waals surface area contributed by atoms with Gasteiger partial charge >= 0.3 is 5.97 Å². The molecule has 0 aromatic heterocycles. The van der Waals surface area contributed by atoms with Crippen LogP contribution in [0.3, 0.4) is 0 Å². The molecule has 5 heteroatoms. The van der Waals surface area contributed by atoms with E-state index in [4.69, 9.17) is 10.8 Å². The van der Waals surface area contributed by atoms with Crippen molar-refractivity contribution in [3.8, 4) is 0 Å². The number of hydrogen-bond acceptors (Lipinski definition) is 3. The Kier molecular flexibility index (Phi) is 4.08. The summed E-state index contributed by atoms with van der Waals surface area (Å²) in [5.41, 5.74) is 5.65. The summed E-state index contributed by atoms with van der Waals surface area (Å²) in [7, 11) is 0. The monoisotopic (exact) mass is 214 g/mol. The number of rotatable bonds is 4. The molecule has 2 atom stereocenters. The summed E-state index contributed by atoms with van der Waals surface area (Å²) in [4.78, 5) is 23.9. The van der Waals surface area contributed by atoms with E-state index in [9.17, 15) is 9.59 Å². The van der Waals surface area contributed by atoms with E-state index in [2.05, 4.69) is 0 Å². The summed E-state index contributed by atoms with van der Waals surface area (Å²) in [6.45, 7) is 2.75. The molecule has 86 valence electrons. The number of carbonyl (C=O) groups excluding carboxylic acids is 1. The van der Waals surface area contributed by atoms with Gasteiger partial charge in [-0.25, -0.2) is 0 Å². The van der Waals surface area contributed by atoms with Crippen LogP contribution in [0.4, 0.5) is 0 Å². The van der Waals surface area contributed by atoms with Crippen LogP contribution in [0.5, 0.6) is 0 Å². The Labute approximate surface area is 89.2 Å². The van der Waals surface area contributed by atoms with Crippen LogP contribution in [0.2, 0.25) is 0 Å². The van der Waals surface area contributed by atoms with Crippen molar-refractivity contribution in [3.05, 3.63) is 0 Å². The molecule has 1 fully saturated rings. The van der Waals surface area contributed by atoms with Crippen molar-refractivity contribution in [2.45, 2.75) is 44.7 Å². The molecule has 5 nitrogen and oxygen atoms in total. The standard InChI is InChI=1S/C10H18N2O3/c1-7-3-2-6-12(7)10(15)8(11)4-5-9(13)14/h7-8H,2-6,11H2,1H3,(H,13,14)/t7?,8-/m0/s1. The van der Waals surface area contributed by atoms with Gasteiger partial charge in [-0.1, -0.05) is 0 Å². The highest BCUT2D eigenvalue weighted by atomic mass is 16.4. The molecule has 0 bridgehead atoms. The molecule has 0 spiro atoms. The summed E-state index contributed by atoms with van der Waals surface area (Å²) in [5, 5.41) is 8.48. The molecule has 0 radical (unpaired) electrons. The minimum absolute atomic E-state index is 0.0465. The van der Waals surface area contributed by atoms with Crippen LogP contribution in [-0.2, 0) is 9.59 Å². The maximum absolute atomic E-state index is 11.8. The normalized spacial score (nSPS) is 22.8. The Balaban J connectivity index is 2.41. The molecule has 0 aromatic rings. The number of carboxylic acid groups (broad SMARTS) is 1. The smallest absolute Gasteiger partial charge is 0.303 e. The number of amides is 1. The fourth-order valence-corrected chi connectivity index (χ4v) is 1.88. The maximum atomic E-state index is 11.8. The average Bonchev–Trinajstić information content (AvgIpc) is 2.59. The number of nitrogens with zero attached hydrogens (tertiary/aromatic N) is 1. The first-order valence-corrected chi connectivity index (χ1v) is 5.30. The molecule has 0 aromatic carbocycles. The molecule has 1 heterocycles. The van der Waals surface area contributed by atoms with Gasteiger partial charge in [-0.05, 0) is 26.2 Å². The van der Waals surface area contributed by atoms with Crippen molar-refractivity contribution in [1.29, 1.82) is 0 Å². The largest absolute Gasteiger partial charge is 0.481 e. The van der Waals surface area contributed by atoms with Gasteiger partial charge in [0, 0.05) is 19.0 Å². The average molecular weight is 214 g/mol. The van der Waals surface area contributed by atoms with Crippen molar-refractivity contribution in [2.75, 3.05) is 6.54 Å². The van der Waals surface area contributed by atoms with Crippen LogP contribution in [-0.4, -0.2) is 40.5 Å². The lowest BCUT2D eigenvalue weighted by Crippen LogP contribution is -2.45. The van der Waals surface area contributed by atoms with Crippen molar-refractivity contribution in [2.24, 2.45) is 5.73 Å². The second-order valence-corrected chi connectivity index (χ2v) is 4.06. The van der Waals surface area contributed by atoms with E-state index in [1.807, 2.05) is 6.92 Å². The van der Waals surface area contributed by atoms with Gasteiger partial charge in [0.25, 0.3) is 0 Å². The first-order chi connectivity index (χ1) is 7.02. The Morgan fingerprint density at radius 3 is 2.73 bits per heavy atom. The summed E-state index contributed by atoms with van der Waals surface area (Å²) < 4.78 is 0. The highest BCUT2D eigenvalue weighted by Gasteiger charge is 2.28. The van der Waals surface area contributed by atoms with E-state index in [1.165, 1.54) is 0 Å². The molecule has 1 rings (SSSR count). The summed E-state index contributed by atoms with van der Waals surface area (Å²) in [6, 6.07) is -0.421. The molecular formula is C10H18N2O3. The number of nitrogens with two attached hydrogens (primary N) is 1. The maximum Gasteiger partial charge on any atom is 0.303 e. The lowest BCUT2D eigenvalue weighted by atomic mass is 10.1. The molecular weight excluding hydrogens is 196 g/mol. The number of carbonyl (C=O) groups is 2. The fraction of sp³-hybridized carbons (Fsp3) is 0.800. The van der Waals surface area contributed by atoms with Crippen LogP contribution in [0.1, 0.15) is 32.6 Å². The Bertz CT molecular complexity index is 255. The zero-order valence-corrected chi connectivity index (χ0v) is 8.98. The minimum atomic E-state index is -0.910. The quantitative estimate of drug-likeness (QED) is 0.699. The van der Waals surface area contributed by atoms with Crippen molar-refractivity contribution in [1.82, 2.24) is 4.90 Å². The van der Waals surface area contributed by atoms with Gasteiger partial charge in [-0.2, -0.15) is 0 Å². The van der Waals surface area contributed by atoms with Gasteiger partial charge in [0.1, 0.15) is 0 Å². The molecule has 3 N–H and O–H groups in total. The van der Waals surface area contributed by atoms with Crippen molar-refractivity contribution < 1.29 is 14.7 Å². The molecule has 1 saturated heterocycles. The molecule has 15 heavy (non-hydrogen) atoms. The van der Waals surface area contributed by atoms with Crippen LogP contribution in [0.15, 0.2) is 0 Å². The Morgan fingerprint density at radius 1 is 1.60 bits per heavy atom. The lowest BCUT2D eigenvalue weighted by molar-refractivity contribution is -0.137. The zero-order valence-electron chi connectivity index (χ0n) is 8.98. The predicted molar refractivity (Wildman–Crippen MR) is 55.3 cm³/mol. The SMILES string of the molecule is CC1CCCN1C(=O)[C@@H](N)CCC(=O)O.